The van der Waals surface area contributed by atoms with Crippen molar-refractivity contribution in [2.24, 2.45) is 0 Å². The standard InChI is InChI=1S/C27H53NO5Si2/c1-26(2,3)35(9,10)33-22-24-19-23(11-12-27(4,5)34(7,8)29)20-25(21-24)28-13-14-31-17-18-32-16-15-30-6/h19-21,28-29H,11-18,22H2,1-10H3. The van der Waals surface area contributed by atoms with Crippen LogP contribution in [0.5, 0.6) is 0 Å². The van der Waals surface area contributed by atoms with Gasteiger partial charge in [0.25, 0.3) is 0 Å². The molecule has 0 unspecified atom stereocenters. The molecule has 204 valence electrons. The second-order valence-electron chi connectivity index (χ2n) is 12.2. The summed E-state index contributed by atoms with van der Waals surface area (Å²) in [7, 11) is -2.41. The molecule has 0 aliphatic rings. The van der Waals surface area contributed by atoms with Gasteiger partial charge in [0.15, 0.2) is 16.6 Å². The van der Waals surface area contributed by atoms with Crippen molar-refractivity contribution in [2.45, 2.75) is 90.3 Å². The molecule has 1 rings (SSSR count). The summed E-state index contributed by atoms with van der Waals surface area (Å²) in [6.45, 7) is 24.2. The Hall–Kier alpha value is -0.746. The molecule has 2 N–H and O–H groups in total. The van der Waals surface area contributed by atoms with Gasteiger partial charge in [-0.2, -0.15) is 0 Å². The molecular formula is C27H53NO5Si2. The Morgan fingerprint density at radius 1 is 0.829 bits per heavy atom. The van der Waals surface area contributed by atoms with Gasteiger partial charge < -0.3 is 28.7 Å². The van der Waals surface area contributed by atoms with Crippen molar-refractivity contribution in [3.05, 3.63) is 29.3 Å². The summed E-state index contributed by atoms with van der Waals surface area (Å²) in [5.74, 6) is 0. The second-order valence-corrected chi connectivity index (χ2v) is 21.5. The third-order valence-corrected chi connectivity index (χ3v) is 15.6. The van der Waals surface area contributed by atoms with E-state index in [1.165, 1.54) is 11.1 Å². The largest absolute Gasteiger partial charge is 0.432 e. The Labute approximate surface area is 217 Å². The second kappa shape index (κ2) is 14.3. The van der Waals surface area contributed by atoms with E-state index in [1.54, 1.807) is 7.11 Å². The van der Waals surface area contributed by atoms with Crippen LogP contribution in [0, 0.1) is 0 Å². The lowest BCUT2D eigenvalue weighted by atomic mass is 9.99. The third kappa shape index (κ3) is 11.9. The minimum absolute atomic E-state index is 0.0482. The number of benzene rings is 1. The molecule has 0 heterocycles. The average Bonchev–Trinajstić information content (AvgIpc) is 2.74. The van der Waals surface area contributed by atoms with Gasteiger partial charge >= 0.3 is 0 Å². The number of aryl methyl sites for hydroxylation is 1. The van der Waals surface area contributed by atoms with E-state index in [9.17, 15) is 4.80 Å². The number of ether oxygens (including phenoxy) is 3. The van der Waals surface area contributed by atoms with Crippen LogP contribution < -0.4 is 5.32 Å². The fraction of sp³-hybridized carbons (Fsp3) is 0.778. The van der Waals surface area contributed by atoms with Crippen LogP contribution in [0.15, 0.2) is 18.2 Å². The molecule has 0 atom stereocenters. The molecule has 6 nitrogen and oxygen atoms in total. The van der Waals surface area contributed by atoms with Crippen LogP contribution in [-0.2, 0) is 31.7 Å². The minimum Gasteiger partial charge on any atom is -0.432 e. The summed E-state index contributed by atoms with van der Waals surface area (Å²) >= 11 is 0. The SMILES string of the molecule is COCCOCCOCCNc1cc(CCC(C)(C)[Si](C)(C)O)cc(CO[Si](C)(C)C(C)(C)C)c1. The topological polar surface area (TPSA) is 69.2 Å². The summed E-state index contributed by atoms with van der Waals surface area (Å²) in [5.41, 5.74) is 3.57. The number of nitrogens with one attached hydrogen (secondary N) is 1. The number of hydrogen-bond acceptors (Lipinski definition) is 6. The molecule has 35 heavy (non-hydrogen) atoms. The maximum atomic E-state index is 10.7. The van der Waals surface area contributed by atoms with Crippen molar-refractivity contribution in [3.63, 3.8) is 0 Å². The zero-order valence-electron chi connectivity index (χ0n) is 24.2. The van der Waals surface area contributed by atoms with E-state index >= 15 is 0 Å². The zero-order chi connectivity index (χ0) is 26.8. The Bertz CT molecular complexity index is 694. The highest BCUT2D eigenvalue weighted by molar-refractivity contribution is 6.74. The summed E-state index contributed by atoms with van der Waals surface area (Å²) < 4.78 is 22.6. The first kappa shape index (κ1) is 32.3. The van der Waals surface area contributed by atoms with Gasteiger partial charge in [0.2, 0.25) is 0 Å². The Morgan fingerprint density at radius 2 is 1.40 bits per heavy atom. The molecule has 0 bridgehead atoms. The van der Waals surface area contributed by atoms with Crippen LogP contribution in [0.4, 0.5) is 5.69 Å². The van der Waals surface area contributed by atoms with Crippen LogP contribution in [0.2, 0.25) is 36.3 Å². The van der Waals surface area contributed by atoms with Crippen molar-refractivity contribution in [2.75, 3.05) is 52.0 Å². The maximum Gasteiger partial charge on any atom is 0.192 e. The lowest BCUT2D eigenvalue weighted by Crippen LogP contribution is -2.40. The molecule has 8 heteroatoms. The smallest absolute Gasteiger partial charge is 0.192 e. The fourth-order valence-corrected chi connectivity index (χ4v) is 4.76. The molecule has 0 spiro atoms. The van der Waals surface area contributed by atoms with E-state index in [1.807, 2.05) is 13.1 Å². The highest BCUT2D eigenvalue weighted by atomic mass is 28.4. The molecule has 0 radical (unpaired) electrons. The van der Waals surface area contributed by atoms with Gasteiger partial charge in [-0.25, -0.2) is 0 Å². The molecule has 0 saturated heterocycles. The predicted molar refractivity (Wildman–Crippen MR) is 152 cm³/mol. The molecule has 1 aromatic rings. The van der Waals surface area contributed by atoms with E-state index < -0.39 is 16.6 Å². The van der Waals surface area contributed by atoms with Crippen molar-refractivity contribution >= 4 is 22.3 Å². The Morgan fingerprint density at radius 3 is 1.97 bits per heavy atom. The van der Waals surface area contributed by atoms with Gasteiger partial charge in [-0.1, -0.05) is 40.7 Å². The highest BCUT2D eigenvalue weighted by Crippen LogP contribution is 2.40. The number of rotatable bonds is 17. The third-order valence-electron chi connectivity index (χ3n) is 7.53. The molecule has 0 amide bonds. The first-order chi connectivity index (χ1) is 16.1. The van der Waals surface area contributed by atoms with Gasteiger partial charge in [-0.3, -0.25) is 0 Å². The quantitative estimate of drug-likeness (QED) is 0.185. The van der Waals surface area contributed by atoms with E-state index in [2.05, 4.69) is 71.2 Å². The molecule has 0 aliphatic heterocycles. The monoisotopic (exact) mass is 527 g/mol. The Balaban J connectivity index is 2.79. The van der Waals surface area contributed by atoms with Crippen LogP contribution in [0.1, 0.15) is 52.2 Å². The van der Waals surface area contributed by atoms with Crippen LogP contribution >= 0.6 is 0 Å². The van der Waals surface area contributed by atoms with E-state index in [-0.39, 0.29) is 10.1 Å². The maximum absolute atomic E-state index is 10.7. The summed E-state index contributed by atoms with van der Waals surface area (Å²) in [6, 6.07) is 6.69. The molecule has 1 aromatic carbocycles. The molecule has 0 fully saturated rings. The number of anilines is 1. The van der Waals surface area contributed by atoms with E-state index in [0.717, 1.165) is 25.1 Å². The number of hydrogen-bond donors (Lipinski definition) is 2. The molecule has 0 aliphatic carbocycles. The fourth-order valence-electron chi connectivity index (χ4n) is 3.07. The van der Waals surface area contributed by atoms with E-state index in [4.69, 9.17) is 18.6 Å². The van der Waals surface area contributed by atoms with Crippen LogP contribution in [0.25, 0.3) is 0 Å². The summed E-state index contributed by atoms with van der Waals surface area (Å²) in [6.07, 6.45) is 1.89. The normalized spacial score (nSPS) is 13.3. The molecule has 0 aromatic heterocycles. The van der Waals surface area contributed by atoms with Gasteiger partial charge in [-0.05, 0) is 72.4 Å². The van der Waals surface area contributed by atoms with Crippen molar-refractivity contribution < 1.29 is 23.4 Å². The van der Waals surface area contributed by atoms with Crippen LogP contribution in [-0.4, -0.2) is 68.1 Å². The minimum atomic E-state index is -2.24. The first-order valence-electron chi connectivity index (χ1n) is 13.0. The van der Waals surface area contributed by atoms with Crippen molar-refractivity contribution in [3.8, 4) is 0 Å². The lowest BCUT2D eigenvalue weighted by Gasteiger charge is -2.36. The van der Waals surface area contributed by atoms with Gasteiger partial charge in [0.05, 0.1) is 39.6 Å². The average molecular weight is 528 g/mol. The molecule has 0 saturated carbocycles. The summed E-state index contributed by atoms with van der Waals surface area (Å²) in [4.78, 5) is 10.7. The number of methoxy groups -OCH3 is 1. The predicted octanol–water partition coefficient (Wildman–Crippen LogP) is 6.21. The lowest BCUT2D eigenvalue weighted by molar-refractivity contribution is 0.0272. The first-order valence-corrected chi connectivity index (χ1v) is 18.8. The van der Waals surface area contributed by atoms with Crippen molar-refractivity contribution in [1.82, 2.24) is 0 Å². The van der Waals surface area contributed by atoms with Gasteiger partial charge in [0, 0.05) is 19.3 Å². The highest BCUT2D eigenvalue weighted by Gasteiger charge is 2.38. The van der Waals surface area contributed by atoms with Gasteiger partial charge in [0.1, 0.15) is 0 Å². The van der Waals surface area contributed by atoms with Crippen molar-refractivity contribution in [1.29, 1.82) is 0 Å². The van der Waals surface area contributed by atoms with E-state index in [0.29, 0.717) is 39.6 Å². The summed E-state index contributed by atoms with van der Waals surface area (Å²) in [5, 5.41) is 3.65. The van der Waals surface area contributed by atoms with Crippen LogP contribution in [0.3, 0.4) is 0 Å². The molecular weight excluding hydrogens is 474 g/mol. The van der Waals surface area contributed by atoms with Gasteiger partial charge in [-0.15, -0.1) is 0 Å². The Kier molecular flexibility index (Phi) is 13.2. The zero-order valence-corrected chi connectivity index (χ0v) is 26.2.